The van der Waals surface area contributed by atoms with Crippen LogP contribution in [0.3, 0.4) is 0 Å². The third-order valence-corrected chi connectivity index (χ3v) is 3.33. The maximum Gasteiger partial charge on any atom is 0.338 e. The highest BCUT2D eigenvalue weighted by Gasteiger charge is 2.29. The molecule has 0 radical (unpaired) electrons. The Labute approximate surface area is 115 Å². The first kappa shape index (κ1) is 15.7. The summed E-state index contributed by atoms with van der Waals surface area (Å²) in [5.74, 6) is 0.412. The van der Waals surface area contributed by atoms with E-state index in [9.17, 15) is 4.79 Å². The first-order valence-electron chi connectivity index (χ1n) is 6.35. The summed E-state index contributed by atoms with van der Waals surface area (Å²) in [4.78, 5) is 12.0. The Bertz CT molecular complexity index is 408. The number of benzene rings is 1. The molecule has 0 aliphatic rings. The zero-order chi connectivity index (χ0) is 14.5. The Kier molecular flexibility index (Phi) is 5.56. The van der Waals surface area contributed by atoms with Crippen LogP contribution in [0.15, 0.2) is 24.3 Å². The van der Waals surface area contributed by atoms with Crippen LogP contribution in [0.2, 0.25) is 19.6 Å². The highest BCUT2D eigenvalue weighted by Crippen LogP contribution is 2.25. The molecular formula is C14H22O4Si. The fourth-order valence-corrected chi connectivity index (χ4v) is 2.54. The second kappa shape index (κ2) is 6.72. The molecule has 19 heavy (non-hydrogen) atoms. The van der Waals surface area contributed by atoms with Gasteiger partial charge in [0.25, 0.3) is 0 Å². The number of carbonyl (C=O) groups excluding carboxylic acids is 1. The number of ether oxygens (including phenoxy) is 2. The maximum absolute atomic E-state index is 12.0. The third kappa shape index (κ3) is 5.04. The highest BCUT2D eigenvalue weighted by molar-refractivity contribution is 6.69. The van der Waals surface area contributed by atoms with Crippen molar-refractivity contribution >= 4 is 14.3 Å². The molecule has 1 rings (SSSR count). The first-order valence-corrected chi connectivity index (χ1v) is 9.76. The zero-order valence-electron chi connectivity index (χ0n) is 12.2. The van der Waals surface area contributed by atoms with E-state index in [1.807, 2.05) is 43.9 Å². The molecule has 0 saturated carbocycles. The normalized spacial score (nSPS) is 12.9. The molecule has 5 heteroatoms. The van der Waals surface area contributed by atoms with Crippen molar-refractivity contribution in [3.05, 3.63) is 29.8 Å². The minimum atomic E-state index is -1.85. The predicted molar refractivity (Wildman–Crippen MR) is 76.8 cm³/mol. The predicted octanol–water partition coefficient (Wildman–Crippen LogP) is 3.15. The van der Waals surface area contributed by atoms with E-state index >= 15 is 0 Å². The van der Waals surface area contributed by atoms with Crippen LogP contribution in [0.25, 0.3) is 0 Å². The lowest BCUT2D eigenvalue weighted by Crippen LogP contribution is -2.32. The van der Waals surface area contributed by atoms with Gasteiger partial charge in [-0.15, -0.1) is 0 Å². The van der Waals surface area contributed by atoms with E-state index in [0.29, 0.717) is 6.61 Å². The zero-order valence-corrected chi connectivity index (χ0v) is 13.2. The van der Waals surface area contributed by atoms with Crippen LogP contribution >= 0.6 is 0 Å². The fourth-order valence-electron chi connectivity index (χ4n) is 1.60. The number of hydrogen-bond donors (Lipinski definition) is 0. The number of methoxy groups -OCH3 is 1. The van der Waals surface area contributed by atoms with Crippen molar-refractivity contribution in [1.29, 1.82) is 0 Å². The van der Waals surface area contributed by atoms with Crippen LogP contribution in [0, 0.1) is 0 Å². The van der Waals surface area contributed by atoms with Gasteiger partial charge in [-0.3, -0.25) is 0 Å². The van der Waals surface area contributed by atoms with Gasteiger partial charge in [0.05, 0.1) is 13.7 Å². The van der Waals surface area contributed by atoms with Crippen LogP contribution in [0.4, 0.5) is 0 Å². The van der Waals surface area contributed by atoms with Crippen molar-refractivity contribution in [2.75, 3.05) is 13.7 Å². The summed E-state index contributed by atoms with van der Waals surface area (Å²) >= 11 is 0. The standard InChI is InChI=1S/C14H22O4Si/c1-6-17-14(15)13(18-19(3,4)5)11-7-9-12(16-2)10-8-11/h7-10,13H,6H2,1-5H3/t13-/m0/s1. The van der Waals surface area contributed by atoms with E-state index in [-0.39, 0.29) is 5.97 Å². The molecule has 0 spiro atoms. The smallest absolute Gasteiger partial charge is 0.338 e. The van der Waals surface area contributed by atoms with Crippen molar-refractivity contribution in [2.24, 2.45) is 0 Å². The lowest BCUT2D eigenvalue weighted by atomic mass is 10.1. The summed E-state index contributed by atoms with van der Waals surface area (Å²) in [6.45, 7) is 8.27. The maximum atomic E-state index is 12.0. The van der Waals surface area contributed by atoms with Crippen molar-refractivity contribution in [3.63, 3.8) is 0 Å². The van der Waals surface area contributed by atoms with Crippen LogP contribution in [-0.2, 0) is 14.0 Å². The van der Waals surface area contributed by atoms with Crippen molar-refractivity contribution in [3.8, 4) is 5.75 Å². The van der Waals surface area contributed by atoms with Crippen molar-refractivity contribution in [1.82, 2.24) is 0 Å². The summed E-state index contributed by atoms with van der Waals surface area (Å²) in [6, 6.07) is 7.30. The highest BCUT2D eigenvalue weighted by atomic mass is 28.4. The number of rotatable bonds is 6. The van der Waals surface area contributed by atoms with E-state index in [1.165, 1.54) is 0 Å². The van der Waals surface area contributed by atoms with Gasteiger partial charge in [-0.25, -0.2) is 4.79 Å². The molecule has 0 aromatic heterocycles. The van der Waals surface area contributed by atoms with Gasteiger partial charge >= 0.3 is 5.97 Å². The Morgan fingerprint density at radius 1 is 1.21 bits per heavy atom. The minimum Gasteiger partial charge on any atom is -0.497 e. The molecule has 0 saturated heterocycles. The lowest BCUT2D eigenvalue weighted by Gasteiger charge is -2.25. The largest absolute Gasteiger partial charge is 0.497 e. The van der Waals surface area contributed by atoms with Gasteiger partial charge in [0.15, 0.2) is 14.4 Å². The Hall–Kier alpha value is -1.33. The molecule has 0 bridgehead atoms. The molecule has 0 fully saturated rings. The Morgan fingerprint density at radius 3 is 2.21 bits per heavy atom. The summed E-state index contributed by atoms with van der Waals surface area (Å²) in [7, 11) is -0.241. The molecule has 0 amide bonds. The lowest BCUT2D eigenvalue weighted by molar-refractivity contribution is -0.152. The van der Waals surface area contributed by atoms with E-state index in [0.717, 1.165) is 11.3 Å². The molecule has 0 unspecified atom stereocenters. The Balaban J connectivity index is 2.97. The fraction of sp³-hybridized carbons (Fsp3) is 0.500. The van der Waals surface area contributed by atoms with E-state index in [4.69, 9.17) is 13.9 Å². The number of esters is 1. The molecule has 0 heterocycles. The van der Waals surface area contributed by atoms with Gasteiger partial charge in [-0.05, 0) is 44.3 Å². The van der Waals surface area contributed by atoms with Gasteiger partial charge in [-0.2, -0.15) is 0 Å². The van der Waals surface area contributed by atoms with Crippen LogP contribution in [0.1, 0.15) is 18.6 Å². The molecule has 4 nitrogen and oxygen atoms in total. The van der Waals surface area contributed by atoms with Gasteiger partial charge in [-0.1, -0.05) is 12.1 Å². The molecular weight excluding hydrogens is 260 g/mol. The summed E-state index contributed by atoms with van der Waals surface area (Å²) in [5, 5.41) is 0. The molecule has 1 atom stereocenters. The molecule has 0 aliphatic carbocycles. The third-order valence-electron chi connectivity index (χ3n) is 2.39. The summed E-state index contributed by atoms with van der Waals surface area (Å²) in [5.41, 5.74) is 0.793. The van der Waals surface area contributed by atoms with Gasteiger partial charge in [0, 0.05) is 0 Å². The Morgan fingerprint density at radius 2 is 1.79 bits per heavy atom. The second-order valence-electron chi connectivity index (χ2n) is 5.14. The SMILES string of the molecule is CCOC(=O)[C@@H](O[Si](C)(C)C)c1ccc(OC)cc1. The van der Waals surface area contributed by atoms with Gasteiger partial charge in [0.2, 0.25) is 0 Å². The second-order valence-corrected chi connectivity index (χ2v) is 9.60. The van der Waals surface area contributed by atoms with E-state index in [1.54, 1.807) is 14.0 Å². The summed E-state index contributed by atoms with van der Waals surface area (Å²) < 4.78 is 16.1. The minimum absolute atomic E-state index is 0.338. The van der Waals surface area contributed by atoms with Crippen molar-refractivity contribution < 1.29 is 18.7 Å². The topological polar surface area (TPSA) is 44.8 Å². The van der Waals surface area contributed by atoms with Crippen molar-refractivity contribution in [2.45, 2.75) is 32.7 Å². The van der Waals surface area contributed by atoms with Crippen LogP contribution in [-0.4, -0.2) is 28.0 Å². The number of hydrogen-bond acceptors (Lipinski definition) is 4. The first-order chi connectivity index (χ1) is 8.87. The average Bonchev–Trinajstić information content (AvgIpc) is 2.35. The van der Waals surface area contributed by atoms with Crippen LogP contribution < -0.4 is 4.74 Å². The number of carbonyl (C=O) groups is 1. The van der Waals surface area contributed by atoms with E-state index < -0.39 is 14.4 Å². The molecule has 0 N–H and O–H groups in total. The molecule has 1 aromatic rings. The average molecular weight is 282 g/mol. The quantitative estimate of drug-likeness (QED) is 0.594. The van der Waals surface area contributed by atoms with Gasteiger partial charge < -0.3 is 13.9 Å². The molecule has 0 aliphatic heterocycles. The monoisotopic (exact) mass is 282 g/mol. The van der Waals surface area contributed by atoms with Gasteiger partial charge in [0.1, 0.15) is 5.75 Å². The van der Waals surface area contributed by atoms with Crippen LogP contribution in [0.5, 0.6) is 5.75 Å². The molecule has 1 aromatic carbocycles. The van der Waals surface area contributed by atoms with E-state index in [2.05, 4.69) is 0 Å². The summed E-state index contributed by atoms with van der Waals surface area (Å²) in [6.07, 6.45) is -0.655. The molecule has 106 valence electrons.